The lowest BCUT2D eigenvalue weighted by molar-refractivity contribution is 0.0689. The van der Waals surface area contributed by atoms with E-state index in [0.29, 0.717) is 18.7 Å². The average molecular weight is 311 g/mol. The predicted molar refractivity (Wildman–Crippen MR) is 67.4 cm³/mol. The van der Waals surface area contributed by atoms with E-state index < -0.39 is 5.97 Å². The number of hydrogen-bond donors (Lipinski definition) is 1. The Morgan fingerprint density at radius 2 is 2.28 bits per heavy atom. The summed E-state index contributed by atoms with van der Waals surface area (Å²) in [6, 6.07) is 1.91. The molecule has 0 bridgehead atoms. The van der Waals surface area contributed by atoms with Gasteiger partial charge in [-0.1, -0.05) is 12.1 Å². The molecule has 0 aliphatic carbocycles. The van der Waals surface area contributed by atoms with Gasteiger partial charge in [-0.15, -0.1) is 5.10 Å². The molecule has 0 aliphatic rings. The fraction of sp³-hybridized carbons (Fsp3) is 0.273. The summed E-state index contributed by atoms with van der Waals surface area (Å²) in [6.45, 7) is 2.33. The minimum atomic E-state index is -1.05. The van der Waals surface area contributed by atoms with Crippen molar-refractivity contribution in [2.24, 2.45) is 0 Å². The van der Waals surface area contributed by atoms with Gasteiger partial charge in [0.15, 0.2) is 5.69 Å². The highest BCUT2D eigenvalue weighted by Crippen LogP contribution is 2.13. The first kappa shape index (κ1) is 12.7. The third kappa shape index (κ3) is 2.56. The molecule has 2 heterocycles. The lowest BCUT2D eigenvalue weighted by Gasteiger charge is -2.05. The van der Waals surface area contributed by atoms with E-state index in [4.69, 9.17) is 5.11 Å². The summed E-state index contributed by atoms with van der Waals surface area (Å²) in [5, 5.41) is 16.5. The molecule has 0 spiro atoms. The van der Waals surface area contributed by atoms with E-state index in [1.807, 2.05) is 13.0 Å². The van der Waals surface area contributed by atoms with E-state index in [1.54, 1.807) is 17.1 Å². The quantitative estimate of drug-likeness (QED) is 0.930. The van der Waals surface area contributed by atoms with E-state index in [2.05, 4.69) is 31.2 Å². The van der Waals surface area contributed by atoms with E-state index >= 15 is 0 Å². The van der Waals surface area contributed by atoms with Crippen molar-refractivity contribution in [3.05, 3.63) is 39.9 Å². The van der Waals surface area contributed by atoms with Gasteiger partial charge in [0.25, 0.3) is 0 Å². The van der Waals surface area contributed by atoms with Crippen LogP contribution in [0.25, 0.3) is 0 Å². The monoisotopic (exact) mass is 310 g/mol. The number of carboxylic acid groups (broad SMARTS) is 1. The predicted octanol–water partition coefficient (Wildman–Crippen LogP) is 1.74. The first-order chi connectivity index (χ1) is 8.61. The number of hydrogen-bond acceptors (Lipinski definition) is 4. The third-order valence-corrected chi connectivity index (χ3v) is 2.90. The fourth-order valence-corrected chi connectivity index (χ4v) is 2.10. The number of pyridine rings is 1. The smallest absolute Gasteiger partial charge is 0.358 e. The zero-order valence-electron chi connectivity index (χ0n) is 9.67. The third-order valence-electron chi connectivity index (χ3n) is 2.47. The number of carboxylic acids is 1. The molecule has 94 valence electrons. The van der Waals surface area contributed by atoms with Gasteiger partial charge in [-0.3, -0.25) is 4.98 Å². The molecule has 0 atom stereocenters. The molecule has 0 unspecified atom stereocenters. The van der Waals surface area contributed by atoms with Gasteiger partial charge in [0.1, 0.15) is 0 Å². The summed E-state index contributed by atoms with van der Waals surface area (Å²) in [5.74, 6) is -1.05. The summed E-state index contributed by atoms with van der Waals surface area (Å²) < 4.78 is 2.46. The van der Waals surface area contributed by atoms with Crippen LogP contribution >= 0.6 is 15.9 Å². The number of aromatic carboxylic acids is 1. The molecule has 0 saturated heterocycles. The van der Waals surface area contributed by atoms with Gasteiger partial charge in [0.05, 0.1) is 12.2 Å². The summed E-state index contributed by atoms with van der Waals surface area (Å²) in [7, 11) is 0. The lowest BCUT2D eigenvalue weighted by Crippen LogP contribution is -2.08. The lowest BCUT2D eigenvalue weighted by atomic mass is 10.2. The van der Waals surface area contributed by atoms with Crippen LogP contribution in [0.1, 0.15) is 28.7 Å². The van der Waals surface area contributed by atoms with Crippen LogP contribution in [0.5, 0.6) is 0 Å². The summed E-state index contributed by atoms with van der Waals surface area (Å²) >= 11 is 3.34. The largest absolute Gasteiger partial charge is 0.476 e. The molecule has 0 saturated carbocycles. The summed E-state index contributed by atoms with van der Waals surface area (Å²) in [5.41, 5.74) is 1.56. The van der Waals surface area contributed by atoms with E-state index in [-0.39, 0.29) is 5.69 Å². The van der Waals surface area contributed by atoms with Crippen molar-refractivity contribution in [1.29, 1.82) is 0 Å². The molecule has 18 heavy (non-hydrogen) atoms. The molecule has 0 fully saturated rings. The number of halogens is 1. The first-order valence-corrected chi connectivity index (χ1v) is 6.16. The van der Waals surface area contributed by atoms with Crippen molar-refractivity contribution >= 4 is 21.9 Å². The van der Waals surface area contributed by atoms with Crippen molar-refractivity contribution in [3.63, 3.8) is 0 Å². The maximum absolute atomic E-state index is 11.0. The normalized spacial score (nSPS) is 10.6. The van der Waals surface area contributed by atoms with Gasteiger partial charge in [0, 0.05) is 16.9 Å². The van der Waals surface area contributed by atoms with Crippen LogP contribution in [-0.2, 0) is 13.0 Å². The molecule has 0 radical (unpaired) electrons. The Labute approximate surface area is 112 Å². The number of aromatic nitrogens is 4. The number of carbonyl (C=O) groups is 1. The van der Waals surface area contributed by atoms with Crippen molar-refractivity contribution in [1.82, 2.24) is 20.0 Å². The van der Waals surface area contributed by atoms with Crippen molar-refractivity contribution < 1.29 is 9.90 Å². The van der Waals surface area contributed by atoms with Crippen LogP contribution < -0.4 is 0 Å². The van der Waals surface area contributed by atoms with Crippen LogP contribution in [0.15, 0.2) is 22.9 Å². The topological polar surface area (TPSA) is 80.9 Å². The molecule has 2 rings (SSSR count). The zero-order valence-corrected chi connectivity index (χ0v) is 11.3. The van der Waals surface area contributed by atoms with Crippen LogP contribution in [0.3, 0.4) is 0 Å². The number of rotatable bonds is 4. The first-order valence-electron chi connectivity index (χ1n) is 5.37. The molecule has 0 aromatic carbocycles. The Hall–Kier alpha value is -1.76. The molecule has 2 aromatic heterocycles. The Kier molecular flexibility index (Phi) is 3.71. The summed E-state index contributed by atoms with van der Waals surface area (Å²) in [6.07, 6.45) is 3.97. The molecule has 0 aliphatic heterocycles. The molecule has 6 nitrogen and oxygen atoms in total. The molecule has 0 amide bonds. The second-order valence-corrected chi connectivity index (χ2v) is 4.63. The van der Waals surface area contributed by atoms with E-state index in [9.17, 15) is 4.79 Å². The molecule has 2 aromatic rings. The fourth-order valence-electron chi connectivity index (χ4n) is 1.69. The molecule has 1 N–H and O–H groups in total. The van der Waals surface area contributed by atoms with E-state index in [1.165, 1.54) is 0 Å². The standard InChI is InChI=1S/C11H11BrN4O2/c1-2-9-10(11(17)18)14-15-16(9)6-7-3-8(12)5-13-4-7/h3-5H,2,6H2,1H3,(H,17,18). The second kappa shape index (κ2) is 5.26. The van der Waals surface area contributed by atoms with Gasteiger partial charge in [-0.25, -0.2) is 9.48 Å². The van der Waals surface area contributed by atoms with E-state index in [0.717, 1.165) is 10.0 Å². The average Bonchev–Trinajstić information content (AvgIpc) is 2.72. The molecular formula is C11H11BrN4O2. The Morgan fingerprint density at radius 3 is 2.89 bits per heavy atom. The molecule has 7 heteroatoms. The van der Waals surface area contributed by atoms with Crippen LogP contribution in [0, 0.1) is 0 Å². The van der Waals surface area contributed by atoms with Crippen molar-refractivity contribution in [2.45, 2.75) is 19.9 Å². The summed E-state index contributed by atoms with van der Waals surface area (Å²) in [4.78, 5) is 15.0. The van der Waals surface area contributed by atoms with Gasteiger partial charge in [-0.05, 0) is 34.0 Å². The van der Waals surface area contributed by atoms with Crippen molar-refractivity contribution in [2.75, 3.05) is 0 Å². The highest BCUT2D eigenvalue weighted by molar-refractivity contribution is 9.10. The van der Waals surface area contributed by atoms with Gasteiger partial charge >= 0.3 is 5.97 Å². The Morgan fingerprint density at radius 1 is 1.50 bits per heavy atom. The minimum absolute atomic E-state index is 0.0143. The number of nitrogens with zero attached hydrogens (tertiary/aromatic N) is 4. The SMILES string of the molecule is CCc1c(C(=O)O)nnn1Cc1cncc(Br)c1. The Bertz CT molecular complexity index is 582. The van der Waals surface area contributed by atoms with Crippen LogP contribution in [0.2, 0.25) is 0 Å². The van der Waals surface area contributed by atoms with Crippen molar-refractivity contribution in [3.8, 4) is 0 Å². The van der Waals surface area contributed by atoms with Gasteiger partial charge in [0.2, 0.25) is 0 Å². The van der Waals surface area contributed by atoms with Crippen LogP contribution in [0.4, 0.5) is 0 Å². The van der Waals surface area contributed by atoms with Gasteiger partial charge < -0.3 is 5.11 Å². The second-order valence-electron chi connectivity index (χ2n) is 3.71. The maximum Gasteiger partial charge on any atom is 0.358 e. The van der Waals surface area contributed by atoms with Gasteiger partial charge in [-0.2, -0.15) is 0 Å². The highest BCUT2D eigenvalue weighted by atomic mass is 79.9. The highest BCUT2D eigenvalue weighted by Gasteiger charge is 2.17. The maximum atomic E-state index is 11.0. The minimum Gasteiger partial charge on any atom is -0.476 e. The Balaban J connectivity index is 2.32. The zero-order chi connectivity index (χ0) is 13.1. The molecular weight excluding hydrogens is 300 g/mol. The van der Waals surface area contributed by atoms with Crippen LogP contribution in [-0.4, -0.2) is 31.1 Å².